The van der Waals surface area contributed by atoms with Crippen LogP contribution in [0.2, 0.25) is 0 Å². The molecule has 0 unspecified atom stereocenters. The molecule has 0 aliphatic carbocycles. The SMILES string of the molecule is COc1ccc(NC(=S)Nc2ccc3nc4ccccc4nc3c2)cc1. The van der Waals surface area contributed by atoms with Crippen molar-refractivity contribution in [3.05, 3.63) is 66.7 Å². The number of hydrogen-bond acceptors (Lipinski definition) is 4. The fourth-order valence-corrected chi connectivity index (χ4v) is 2.90. The molecule has 26 heavy (non-hydrogen) atoms. The summed E-state index contributed by atoms with van der Waals surface area (Å²) in [4.78, 5) is 9.30. The Morgan fingerprint density at radius 3 is 2.04 bits per heavy atom. The van der Waals surface area contributed by atoms with E-state index in [0.717, 1.165) is 39.2 Å². The number of methoxy groups -OCH3 is 1. The highest BCUT2D eigenvalue weighted by atomic mass is 32.1. The minimum atomic E-state index is 0.503. The number of rotatable bonds is 3. The van der Waals surface area contributed by atoms with Crippen molar-refractivity contribution in [3.63, 3.8) is 0 Å². The van der Waals surface area contributed by atoms with E-state index in [1.165, 1.54) is 0 Å². The Morgan fingerprint density at radius 2 is 1.35 bits per heavy atom. The Labute approximate surface area is 156 Å². The number of nitrogens with zero attached hydrogens (tertiary/aromatic N) is 2. The summed E-state index contributed by atoms with van der Waals surface area (Å²) in [6, 6.07) is 21.2. The maximum absolute atomic E-state index is 5.39. The van der Waals surface area contributed by atoms with Crippen molar-refractivity contribution in [2.24, 2.45) is 0 Å². The van der Waals surface area contributed by atoms with Crippen molar-refractivity contribution in [3.8, 4) is 5.75 Å². The van der Waals surface area contributed by atoms with Crippen molar-refractivity contribution in [2.45, 2.75) is 0 Å². The first-order valence-corrected chi connectivity index (χ1v) is 8.51. The molecule has 3 aromatic carbocycles. The molecule has 6 heteroatoms. The molecule has 0 atom stereocenters. The number of benzene rings is 3. The van der Waals surface area contributed by atoms with Crippen LogP contribution in [0, 0.1) is 0 Å². The number of fused-ring (bicyclic) bond motifs is 2. The van der Waals surface area contributed by atoms with Crippen LogP contribution in [0.1, 0.15) is 0 Å². The summed E-state index contributed by atoms with van der Waals surface area (Å²) < 4.78 is 5.15. The van der Waals surface area contributed by atoms with E-state index >= 15 is 0 Å². The molecule has 5 nitrogen and oxygen atoms in total. The van der Waals surface area contributed by atoms with E-state index in [0.29, 0.717) is 5.11 Å². The highest BCUT2D eigenvalue weighted by Gasteiger charge is 2.04. The molecule has 4 aromatic rings. The normalized spacial score (nSPS) is 10.7. The Bertz CT molecular complexity index is 1100. The smallest absolute Gasteiger partial charge is 0.175 e. The van der Waals surface area contributed by atoms with Crippen molar-refractivity contribution in [1.82, 2.24) is 9.97 Å². The lowest BCUT2D eigenvalue weighted by Crippen LogP contribution is -2.18. The van der Waals surface area contributed by atoms with Crippen LogP contribution in [0.3, 0.4) is 0 Å². The standard InChI is InChI=1S/C20H16N4OS/c1-25-15-9-6-13(7-10-15)21-20(26)22-14-8-11-18-19(12-14)24-17-5-3-2-4-16(17)23-18/h2-12H,1H3,(H2,21,22,26). The van der Waals surface area contributed by atoms with Crippen LogP contribution in [0.15, 0.2) is 66.7 Å². The number of hydrogen-bond donors (Lipinski definition) is 2. The van der Waals surface area contributed by atoms with Gasteiger partial charge in [0.25, 0.3) is 0 Å². The number of aromatic nitrogens is 2. The fraction of sp³-hybridized carbons (Fsp3) is 0.0500. The summed E-state index contributed by atoms with van der Waals surface area (Å²) in [6.07, 6.45) is 0. The highest BCUT2D eigenvalue weighted by Crippen LogP contribution is 2.20. The molecule has 0 bridgehead atoms. The van der Waals surface area contributed by atoms with E-state index in [1.54, 1.807) is 7.11 Å². The van der Waals surface area contributed by atoms with Crippen molar-refractivity contribution in [2.75, 3.05) is 17.7 Å². The molecule has 0 aliphatic heterocycles. The van der Waals surface area contributed by atoms with Gasteiger partial charge in [-0.05, 0) is 66.8 Å². The molecule has 0 radical (unpaired) electrons. The summed E-state index contributed by atoms with van der Waals surface area (Å²) in [5.41, 5.74) is 5.17. The summed E-state index contributed by atoms with van der Waals surface area (Å²) >= 11 is 5.39. The van der Waals surface area contributed by atoms with Gasteiger partial charge in [0, 0.05) is 11.4 Å². The topological polar surface area (TPSA) is 59.1 Å². The molecule has 1 aromatic heterocycles. The summed E-state index contributed by atoms with van der Waals surface area (Å²) in [5.74, 6) is 0.801. The maximum atomic E-state index is 5.39. The zero-order valence-corrected chi connectivity index (χ0v) is 14.9. The van der Waals surface area contributed by atoms with Crippen LogP contribution in [-0.4, -0.2) is 22.2 Å². The van der Waals surface area contributed by atoms with Gasteiger partial charge in [0.1, 0.15) is 5.75 Å². The van der Waals surface area contributed by atoms with Gasteiger partial charge in [0.05, 0.1) is 29.2 Å². The van der Waals surface area contributed by atoms with Gasteiger partial charge in [-0.15, -0.1) is 0 Å². The van der Waals surface area contributed by atoms with Gasteiger partial charge in [0.2, 0.25) is 0 Å². The molecule has 4 rings (SSSR count). The average molecular weight is 360 g/mol. The van der Waals surface area contributed by atoms with E-state index in [-0.39, 0.29) is 0 Å². The van der Waals surface area contributed by atoms with Crippen molar-refractivity contribution < 1.29 is 4.74 Å². The summed E-state index contributed by atoms with van der Waals surface area (Å²) in [7, 11) is 1.64. The predicted molar refractivity (Wildman–Crippen MR) is 110 cm³/mol. The predicted octanol–water partition coefficient (Wildman–Crippen LogP) is 4.60. The number of thiocarbonyl (C=S) groups is 1. The fourth-order valence-electron chi connectivity index (χ4n) is 2.67. The van der Waals surface area contributed by atoms with E-state index < -0.39 is 0 Å². The van der Waals surface area contributed by atoms with Crippen LogP contribution in [0.5, 0.6) is 5.75 Å². The summed E-state index contributed by atoms with van der Waals surface area (Å²) in [5, 5.41) is 6.83. The minimum absolute atomic E-state index is 0.503. The van der Waals surface area contributed by atoms with E-state index in [2.05, 4.69) is 20.6 Å². The molecular weight excluding hydrogens is 344 g/mol. The van der Waals surface area contributed by atoms with E-state index in [1.807, 2.05) is 66.7 Å². The van der Waals surface area contributed by atoms with Gasteiger partial charge in [0.15, 0.2) is 5.11 Å². The molecule has 0 spiro atoms. The first-order valence-electron chi connectivity index (χ1n) is 8.10. The highest BCUT2D eigenvalue weighted by molar-refractivity contribution is 7.80. The lowest BCUT2D eigenvalue weighted by molar-refractivity contribution is 0.415. The third-order valence-corrected chi connectivity index (χ3v) is 4.15. The third-order valence-electron chi connectivity index (χ3n) is 3.94. The van der Waals surface area contributed by atoms with Crippen LogP contribution in [0.25, 0.3) is 22.1 Å². The third kappa shape index (κ3) is 3.41. The molecule has 0 amide bonds. The Kier molecular flexibility index (Phi) is 4.33. The number of para-hydroxylation sites is 2. The Morgan fingerprint density at radius 1 is 0.769 bits per heavy atom. The Hall–Kier alpha value is -3.25. The number of ether oxygens (including phenoxy) is 1. The van der Waals surface area contributed by atoms with Gasteiger partial charge in [-0.3, -0.25) is 0 Å². The molecule has 0 saturated heterocycles. The number of anilines is 2. The minimum Gasteiger partial charge on any atom is -0.497 e. The molecule has 1 heterocycles. The van der Waals surface area contributed by atoms with Gasteiger partial charge in [-0.2, -0.15) is 0 Å². The van der Waals surface area contributed by atoms with Crippen LogP contribution in [-0.2, 0) is 0 Å². The quantitative estimate of drug-likeness (QED) is 0.411. The molecule has 2 N–H and O–H groups in total. The lowest BCUT2D eigenvalue weighted by atomic mass is 10.2. The van der Waals surface area contributed by atoms with Crippen molar-refractivity contribution >= 4 is 50.8 Å². The van der Waals surface area contributed by atoms with Crippen LogP contribution in [0.4, 0.5) is 11.4 Å². The van der Waals surface area contributed by atoms with E-state index in [9.17, 15) is 0 Å². The lowest BCUT2D eigenvalue weighted by Gasteiger charge is -2.11. The molecule has 0 aliphatic rings. The monoisotopic (exact) mass is 360 g/mol. The average Bonchev–Trinajstić information content (AvgIpc) is 2.67. The van der Waals surface area contributed by atoms with Gasteiger partial charge < -0.3 is 15.4 Å². The molecule has 0 fully saturated rings. The second kappa shape index (κ2) is 6.93. The summed E-state index contributed by atoms with van der Waals surface area (Å²) in [6.45, 7) is 0. The van der Waals surface area contributed by atoms with Crippen LogP contribution >= 0.6 is 12.2 Å². The van der Waals surface area contributed by atoms with Gasteiger partial charge in [-0.1, -0.05) is 12.1 Å². The van der Waals surface area contributed by atoms with E-state index in [4.69, 9.17) is 17.0 Å². The van der Waals surface area contributed by atoms with Crippen molar-refractivity contribution in [1.29, 1.82) is 0 Å². The molecule has 0 saturated carbocycles. The molecule has 128 valence electrons. The van der Waals surface area contributed by atoms with Gasteiger partial charge >= 0.3 is 0 Å². The Balaban J connectivity index is 1.54. The second-order valence-corrected chi connectivity index (χ2v) is 6.13. The first-order chi connectivity index (χ1) is 12.7. The first kappa shape index (κ1) is 16.2. The van der Waals surface area contributed by atoms with Crippen LogP contribution < -0.4 is 15.4 Å². The maximum Gasteiger partial charge on any atom is 0.175 e. The number of nitrogens with one attached hydrogen (secondary N) is 2. The molecular formula is C20H16N4OS. The zero-order valence-electron chi connectivity index (χ0n) is 14.1. The second-order valence-electron chi connectivity index (χ2n) is 5.72. The largest absolute Gasteiger partial charge is 0.497 e. The zero-order chi connectivity index (χ0) is 17.9. The van der Waals surface area contributed by atoms with Gasteiger partial charge in [-0.25, -0.2) is 9.97 Å².